The van der Waals surface area contributed by atoms with Crippen molar-refractivity contribution in [2.75, 3.05) is 0 Å². The van der Waals surface area contributed by atoms with Crippen LogP contribution in [0.1, 0.15) is 23.2 Å². The van der Waals surface area contributed by atoms with Crippen LogP contribution in [-0.2, 0) is 11.9 Å². The van der Waals surface area contributed by atoms with Crippen molar-refractivity contribution < 1.29 is 13.9 Å². The van der Waals surface area contributed by atoms with Crippen LogP contribution >= 0.6 is 31.9 Å². The number of aliphatic hydroxyl groups is 1. The first-order chi connectivity index (χ1) is 6.60. The summed E-state index contributed by atoms with van der Waals surface area (Å²) in [6.07, 6.45) is -2.60. The fourth-order valence-electron chi connectivity index (χ4n) is 1.01. The van der Waals surface area contributed by atoms with Gasteiger partial charge in [-0.2, -0.15) is 0 Å². The number of aromatic nitrogens is 1. The van der Waals surface area contributed by atoms with E-state index >= 15 is 0 Å². The minimum Gasteiger partial charge on any atom is -0.392 e. The van der Waals surface area contributed by atoms with E-state index in [9.17, 15) is 8.78 Å². The smallest absolute Gasteiger partial charge is 0.280 e. The lowest BCUT2D eigenvalue weighted by Gasteiger charge is -2.09. The quantitative estimate of drug-likeness (QED) is 0.682. The van der Waals surface area contributed by atoms with Crippen LogP contribution < -0.4 is 0 Å². The number of alkyl halides is 3. The maximum atomic E-state index is 12.3. The molecule has 6 heteroatoms. The van der Waals surface area contributed by atoms with Crippen molar-refractivity contribution >= 4 is 31.9 Å². The second-order valence-corrected chi connectivity index (χ2v) is 3.88. The van der Waals surface area contributed by atoms with Crippen LogP contribution in [0.4, 0.5) is 8.78 Å². The van der Waals surface area contributed by atoms with Crippen molar-refractivity contribution in [2.45, 2.75) is 18.4 Å². The summed E-state index contributed by atoms with van der Waals surface area (Å²) in [6.45, 7) is -0.224. The van der Waals surface area contributed by atoms with Gasteiger partial charge in [-0.3, -0.25) is 0 Å². The summed E-state index contributed by atoms with van der Waals surface area (Å²) < 4.78 is 24.9. The third-order valence-electron chi connectivity index (χ3n) is 1.71. The highest BCUT2D eigenvalue weighted by Gasteiger charge is 2.14. The van der Waals surface area contributed by atoms with Crippen molar-refractivity contribution in [1.82, 2.24) is 4.98 Å². The van der Waals surface area contributed by atoms with Crippen molar-refractivity contribution in [2.24, 2.45) is 0 Å². The Hall–Kier alpha value is -0.0700. The van der Waals surface area contributed by atoms with Crippen LogP contribution in [0.2, 0.25) is 0 Å². The van der Waals surface area contributed by atoms with Gasteiger partial charge in [-0.25, -0.2) is 13.8 Å². The van der Waals surface area contributed by atoms with Crippen molar-refractivity contribution in [1.29, 1.82) is 0 Å². The van der Waals surface area contributed by atoms with Gasteiger partial charge in [-0.15, -0.1) is 0 Å². The normalized spacial score (nSPS) is 11.0. The molecule has 0 spiro atoms. The minimum absolute atomic E-state index is 0.224. The molecule has 0 aliphatic carbocycles. The predicted molar refractivity (Wildman–Crippen MR) is 55.4 cm³/mol. The summed E-state index contributed by atoms with van der Waals surface area (Å²) in [7, 11) is 0. The number of aliphatic hydroxyl groups excluding tert-OH is 1. The van der Waals surface area contributed by atoms with Crippen molar-refractivity contribution in [3.63, 3.8) is 0 Å². The molecule has 0 bridgehead atoms. The second-order valence-electron chi connectivity index (χ2n) is 2.57. The highest BCUT2D eigenvalue weighted by atomic mass is 79.9. The van der Waals surface area contributed by atoms with E-state index in [1.165, 1.54) is 6.07 Å². The van der Waals surface area contributed by atoms with Gasteiger partial charge in [0.15, 0.2) is 0 Å². The first-order valence-electron chi connectivity index (χ1n) is 3.73. The first kappa shape index (κ1) is 12.0. The van der Waals surface area contributed by atoms with E-state index in [4.69, 9.17) is 5.11 Å². The maximum Gasteiger partial charge on any atom is 0.280 e. The van der Waals surface area contributed by atoms with Crippen LogP contribution in [0.15, 0.2) is 10.7 Å². The molecule has 0 aromatic carbocycles. The summed E-state index contributed by atoms with van der Waals surface area (Å²) in [5.41, 5.74) is 0.861. The van der Waals surface area contributed by atoms with E-state index in [0.29, 0.717) is 16.5 Å². The highest BCUT2D eigenvalue weighted by Crippen LogP contribution is 2.26. The van der Waals surface area contributed by atoms with Crippen LogP contribution in [0.3, 0.4) is 0 Å². The summed E-state index contributed by atoms with van der Waals surface area (Å²) >= 11 is 6.20. The number of hydrogen-bond donors (Lipinski definition) is 1. The van der Waals surface area contributed by atoms with Gasteiger partial charge < -0.3 is 5.11 Å². The number of nitrogens with zero attached hydrogens (tertiary/aromatic N) is 1. The molecule has 0 saturated carbocycles. The first-order valence-corrected chi connectivity index (χ1v) is 5.64. The third-order valence-corrected chi connectivity index (χ3v) is 2.97. The zero-order chi connectivity index (χ0) is 10.7. The molecule has 2 nitrogen and oxygen atoms in total. The summed E-state index contributed by atoms with van der Waals surface area (Å²) in [4.78, 5) is 3.64. The van der Waals surface area contributed by atoms with Gasteiger partial charge in [0.05, 0.1) is 6.61 Å². The Morgan fingerprint density at radius 2 is 2.14 bits per heavy atom. The SMILES string of the molecule is OCc1c(CBr)cc(C(F)F)nc1Br. The Bertz CT molecular complexity index is 333. The molecule has 0 unspecified atom stereocenters. The lowest BCUT2D eigenvalue weighted by Crippen LogP contribution is -2.00. The van der Waals surface area contributed by atoms with Crippen LogP contribution in [0.5, 0.6) is 0 Å². The molecule has 1 aromatic rings. The average molecular weight is 331 g/mol. The minimum atomic E-state index is -2.60. The van der Waals surface area contributed by atoms with E-state index in [1.807, 2.05) is 0 Å². The van der Waals surface area contributed by atoms with Crippen molar-refractivity contribution in [3.8, 4) is 0 Å². The highest BCUT2D eigenvalue weighted by molar-refractivity contribution is 9.10. The average Bonchev–Trinajstić information content (AvgIpc) is 2.16. The molecule has 0 amide bonds. The van der Waals surface area contributed by atoms with E-state index in [-0.39, 0.29) is 16.9 Å². The third kappa shape index (κ3) is 2.49. The monoisotopic (exact) mass is 329 g/mol. The van der Waals surface area contributed by atoms with Gasteiger partial charge in [-0.05, 0) is 27.6 Å². The van der Waals surface area contributed by atoms with Gasteiger partial charge in [-0.1, -0.05) is 15.9 Å². The molecule has 0 saturated heterocycles. The summed E-state index contributed by atoms with van der Waals surface area (Å²) in [5.74, 6) is 0. The molecule has 0 atom stereocenters. The maximum absolute atomic E-state index is 12.3. The lowest BCUT2D eigenvalue weighted by atomic mass is 10.1. The molecule has 1 heterocycles. The fraction of sp³-hybridized carbons (Fsp3) is 0.375. The number of hydrogen-bond acceptors (Lipinski definition) is 2. The number of rotatable bonds is 3. The molecule has 14 heavy (non-hydrogen) atoms. The zero-order valence-electron chi connectivity index (χ0n) is 6.98. The van der Waals surface area contributed by atoms with Gasteiger partial charge >= 0.3 is 0 Å². The largest absolute Gasteiger partial charge is 0.392 e. The van der Waals surface area contributed by atoms with Gasteiger partial charge in [0, 0.05) is 10.9 Å². The van der Waals surface area contributed by atoms with Crippen LogP contribution in [-0.4, -0.2) is 10.1 Å². The van der Waals surface area contributed by atoms with Crippen LogP contribution in [0, 0.1) is 0 Å². The molecule has 0 radical (unpaired) electrons. The Balaban J connectivity index is 3.24. The van der Waals surface area contributed by atoms with E-state index in [0.717, 1.165) is 0 Å². The fourth-order valence-corrected chi connectivity index (χ4v) is 2.09. The Morgan fingerprint density at radius 1 is 1.50 bits per heavy atom. The van der Waals surface area contributed by atoms with E-state index < -0.39 is 6.43 Å². The molecule has 1 rings (SSSR count). The summed E-state index contributed by atoms with van der Waals surface area (Å²) in [6, 6.07) is 1.29. The second kappa shape index (κ2) is 5.14. The topological polar surface area (TPSA) is 33.1 Å². The lowest BCUT2D eigenvalue weighted by molar-refractivity contribution is 0.145. The number of pyridine rings is 1. The Kier molecular flexibility index (Phi) is 4.40. The molecular formula is C8H7Br2F2NO. The molecule has 78 valence electrons. The molecule has 0 fully saturated rings. The van der Waals surface area contributed by atoms with Crippen LogP contribution in [0.25, 0.3) is 0 Å². The molecular weight excluding hydrogens is 324 g/mol. The van der Waals surface area contributed by atoms with Gasteiger partial charge in [0.25, 0.3) is 6.43 Å². The standard InChI is InChI=1S/C8H7Br2F2NO/c9-2-4-1-6(8(11)12)13-7(10)5(4)3-14/h1,8,14H,2-3H2. The molecule has 0 aliphatic rings. The Labute approximate surface area is 96.6 Å². The molecule has 0 aliphatic heterocycles. The zero-order valence-corrected chi connectivity index (χ0v) is 10.1. The van der Waals surface area contributed by atoms with Crippen molar-refractivity contribution in [3.05, 3.63) is 27.5 Å². The van der Waals surface area contributed by atoms with E-state index in [2.05, 4.69) is 36.8 Å². The summed E-state index contributed by atoms with van der Waals surface area (Å²) in [5, 5.41) is 9.39. The molecule has 1 aromatic heterocycles. The predicted octanol–water partition coefficient (Wildman–Crippen LogP) is 3.17. The van der Waals surface area contributed by atoms with Gasteiger partial charge in [0.1, 0.15) is 10.3 Å². The number of halogens is 4. The molecule has 1 N–H and O–H groups in total. The Morgan fingerprint density at radius 3 is 2.57 bits per heavy atom. The van der Waals surface area contributed by atoms with E-state index in [1.54, 1.807) is 0 Å². The van der Waals surface area contributed by atoms with Gasteiger partial charge in [0.2, 0.25) is 0 Å².